The molecule has 0 radical (unpaired) electrons. The number of carbonyl (C=O) groups is 1. The van der Waals surface area contributed by atoms with Gasteiger partial charge in [-0.1, -0.05) is 34.8 Å². The number of alkyl halides is 2. The standard InChI is InChI=1S/C9H7Cl3F2N2O2/c10-4-1-15-7(6(12)5(4)11)8(18)16-2-9(13,14)3-17/h1,17H,2-3H2,(H,16,18). The third-order valence-electron chi connectivity index (χ3n) is 1.87. The summed E-state index contributed by atoms with van der Waals surface area (Å²) in [6.45, 7) is -2.42. The average Bonchev–Trinajstić information content (AvgIpc) is 2.33. The van der Waals surface area contributed by atoms with E-state index in [-0.39, 0.29) is 20.8 Å². The van der Waals surface area contributed by atoms with E-state index in [1.54, 1.807) is 0 Å². The van der Waals surface area contributed by atoms with Crippen molar-refractivity contribution in [2.24, 2.45) is 0 Å². The molecule has 0 saturated heterocycles. The maximum absolute atomic E-state index is 12.7. The van der Waals surface area contributed by atoms with Crippen LogP contribution in [0.3, 0.4) is 0 Å². The summed E-state index contributed by atoms with van der Waals surface area (Å²) in [5.74, 6) is -4.36. The number of nitrogens with zero attached hydrogens (tertiary/aromatic N) is 1. The third kappa shape index (κ3) is 3.65. The van der Waals surface area contributed by atoms with Crippen LogP contribution in [-0.2, 0) is 0 Å². The molecule has 100 valence electrons. The molecule has 1 rings (SSSR count). The number of halogens is 5. The largest absolute Gasteiger partial charge is 0.390 e. The predicted octanol–water partition coefficient (Wildman–Crippen LogP) is 2.40. The van der Waals surface area contributed by atoms with E-state index in [2.05, 4.69) is 4.98 Å². The normalized spacial score (nSPS) is 11.4. The Morgan fingerprint density at radius 3 is 2.56 bits per heavy atom. The molecule has 0 bridgehead atoms. The molecule has 0 saturated carbocycles. The van der Waals surface area contributed by atoms with Gasteiger partial charge in [-0.25, -0.2) is 13.8 Å². The molecule has 0 spiro atoms. The van der Waals surface area contributed by atoms with Crippen molar-refractivity contribution in [3.05, 3.63) is 27.0 Å². The summed E-state index contributed by atoms with van der Waals surface area (Å²) in [6.07, 6.45) is 1.08. The van der Waals surface area contributed by atoms with Gasteiger partial charge in [-0.3, -0.25) is 4.79 Å². The topological polar surface area (TPSA) is 62.2 Å². The zero-order valence-electron chi connectivity index (χ0n) is 8.68. The van der Waals surface area contributed by atoms with Gasteiger partial charge in [0, 0.05) is 6.20 Å². The van der Waals surface area contributed by atoms with Crippen LogP contribution >= 0.6 is 34.8 Å². The summed E-state index contributed by atoms with van der Waals surface area (Å²) in [5.41, 5.74) is -0.320. The minimum atomic E-state index is -3.42. The van der Waals surface area contributed by atoms with E-state index >= 15 is 0 Å². The van der Waals surface area contributed by atoms with E-state index in [0.29, 0.717) is 0 Å². The van der Waals surface area contributed by atoms with Crippen molar-refractivity contribution in [1.29, 1.82) is 0 Å². The highest BCUT2D eigenvalue weighted by Gasteiger charge is 2.29. The smallest absolute Gasteiger partial charge is 0.287 e. The van der Waals surface area contributed by atoms with Gasteiger partial charge in [-0.2, -0.15) is 0 Å². The fourth-order valence-corrected chi connectivity index (χ4v) is 1.52. The lowest BCUT2D eigenvalue weighted by atomic mass is 10.3. The van der Waals surface area contributed by atoms with Crippen molar-refractivity contribution in [3.63, 3.8) is 0 Å². The maximum atomic E-state index is 12.7. The molecule has 9 heteroatoms. The molecule has 0 unspecified atom stereocenters. The molecule has 0 atom stereocenters. The highest BCUT2D eigenvalue weighted by atomic mass is 35.5. The van der Waals surface area contributed by atoms with E-state index in [1.807, 2.05) is 5.32 Å². The van der Waals surface area contributed by atoms with Crippen LogP contribution in [0, 0.1) is 0 Å². The number of aromatic nitrogens is 1. The molecule has 0 aliphatic rings. The Morgan fingerprint density at radius 2 is 2.00 bits per heavy atom. The van der Waals surface area contributed by atoms with Gasteiger partial charge >= 0.3 is 0 Å². The summed E-state index contributed by atoms with van der Waals surface area (Å²) in [6, 6.07) is 0. The fraction of sp³-hybridized carbons (Fsp3) is 0.333. The molecule has 4 nitrogen and oxygen atoms in total. The second kappa shape index (κ2) is 5.97. The van der Waals surface area contributed by atoms with Crippen LogP contribution in [0.5, 0.6) is 0 Å². The Labute approximate surface area is 116 Å². The molecule has 1 aromatic rings. The molecular formula is C9H7Cl3F2N2O2. The first-order chi connectivity index (χ1) is 8.28. The van der Waals surface area contributed by atoms with E-state index < -0.39 is 25.0 Å². The summed E-state index contributed by atoms with van der Waals surface area (Å²) in [5, 5.41) is 9.93. The average molecular weight is 320 g/mol. The first-order valence-corrected chi connectivity index (χ1v) is 5.68. The zero-order chi connectivity index (χ0) is 13.9. The molecule has 0 aromatic carbocycles. The Morgan fingerprint density at radius 1 is 1.39 bits per heavy atom. The minimum absolute atomic E-state index is 0.0407. The van der Waals surface area contributed by atoms with Crippen molar-refractivity contribution < 1.29 is 18.7 Å². The number of hydrogen-bond donors (Lipinski definition) is 2. The van der Waals surface area contributed by atoms with E-state index in [0.717, 1.165) is 6.20 Å². The number of aliphatic hydroxyl groups is 1. The van der Waals surface area contributed by atoms with Gasteiger partial charge < -0.3 is 10.4 Å². The Bertz CT molecular complexity index is 471. The monoisotopic (exact) mass is 318 g/mol. The number of hydrogen-bond acceptors (Lipinski definition) is 3. The predicted molar refractivity (Wildman–Crippen MR) is 63.6 cm³/mol. The van der Waals surface area contributed by atoms with Gasteiger partial charge in [0.2, 0.25) is 0 Å². The van der Waals surface area contributed by atoms with Crippen molar-refractivity contribution in [2.75, 3.05) is 13.2 Å². The minimum Gasteiger partial charge on any atom is -0.390 e. The zero-order valence-corrected chi connectivity index (χ0v) is 11.0. The Kier molecular flexibility index (Phi) is 5.10. The first-order valence-electron chi connectivity index (χ1n) is 4.55. The first kappa shape index (κ1) is 15.4. The lowest BCUT2D eigenvalue weighted by Crippen LogP contribution is -2.39. The van der Waals surface area contributed by atoms with Gasteiger partial charge in [0.1, 0.15) is 12.3 Å². The fourth-order valence-electron chi connectivity index (χ4n) is 0.951. The number of nitrogens with one attached hydrogen (secondary N) is 1. The third-order valence-corrected chi connectivity index (χ3v) is 3.11. The van der Waals surface area contributed by atoms with Crippen LogP contribution in [0.2, 0.25) is 15.1 Å². The van der Waals surface area contributed by atoms with E-state index in [1.165, 1.54) is 0 Å². The molecular weight excluding hydrogens is 312 g/mol. The van der Waals surface area contributed by atoms with Crippen molar-refractivity contribution in [3.8, 4) is 0 Å². The molecule has 1 aromatic heterocycles. The van der Waals surface area contributed by atoms with Crippen LogP contribution in [-0.4, -0.2) is 35.1 Å². The van der Waals surface area contributed by atoms with E-state index in [4.69, 9.17) is 39.9 Å². The van der Waals surface area contributed by atoms with Gasteiger partial charge in [0.05, 0.1) is 21.6 Å². The molecule has 1 amide bonds. The van der Waals surface area contributed by atoms with Crippen molar-refractivity contribution in [2.45, 2.75) is 5.92 Å². The molecule has 1 heterocycles. The second-order valence-electron chi connectivity index (χ2n) is 3.28. The highest BCUT2D eigenvalue weighted by molar-refractivity contribution is 6.48. The number of aliphatic hydroxyl groups excluding tert-OH is 1. The molecule has 18 heavy (non-hydrogen) atoms. The lowest BCUT2D eigenvalue weighted by molar-refractivity contribution is -0.0462. The SMILES string of the molecule is O=C(NCC(F)(F)CO)c1ncc(Cl)c(Cl)c1Cl. The molecule has 0 aliphatic heterocycles. The quantitative estimate of drug-likeness (QED) is 0.896. The number of rotatable bonds is 4. The Balaban J connectivity index is 2.83. The highest BCUT2D eigenvalue weighted by Crippen LogP contribution is 2.31. The van der Waals surface area contributed by atoms with Gasteiger partial charge in [-0.15, -0.1) is 0 Å². The number of carbonyl (C=O) groups excluding carboxylic acids is 1. The Hall–Kier alpha value is -0.690. The van der Waals surface area contributed by atoms with E-state index in [9.17, 15) is 13.6 Å². The second-order valence-corrected chi connectivity index (χ2v) is 4.44. The van der Waals surface area contributed by atoms with Gasteiger partial charge in [0.25, 0.3) is 11.8 Å². The lowest BCUT2D eigenvalue weighted by Gasteiger charge is -2.14. The van der Waals surface area contributed by atoms with Crippen LogP contribution < -0.4 is 5.32 Å². The summed E-state index contributed by atoms with van der Waals surface area (Å²) < 4.78 is 25.4. The van der Waals surface area contributed by atoms with Crippen molar-refractivity contribution in [1.82, 2.24) is 10.3 Å². The van der Waals surface area contributed by atoms with Crippen LogP contribution in [0.25, 0.3) is 0 Å². The maximum Gasteiger partial charge on any atom is 0.287 e. The summed E-state index contributed by atoms with van der Waals surface area (Å²) in [4.78, 5) is 15.1. The molecule has 0 aliphatic carbocycles. The molecule has 2 N–H and O–H groups in total. The van der Waals surface area contributed by atoms with Crippen LogP contribution in [0.1, 0.15) is 10.5 Å². The van der Waals surface area contributed by atoms with Gasteiger partial charge in [0.15, 0.2) is 0 Å². The summed E-state index contributed by atoms with van der Waals surface area (Å²) in [7, 11) is 0. The van der Waals surface area contributed by atoms with Crippen molar-refractivity contribution >= 4 is 40.7 Å². The molecule has 0 fully saturated rings. The van der Waals surface area contributed by atoms with Crippen LogP contribution in [0.4, 0.5) is 8.78 Å². The number of pyridine rings is 1. The van der Waals surface area contributed by atoms with Crippen LogP contribution in [0.15, 0.2) is 6.20 Å². The van der Waals surface area contributed by atoms with Gasteiger partial charge in [-0.05, 0) is 0 Å². The number of amides is 1. The summed E-state index contributed by atoms with van der Waals surface area (Å²) >= 11 is 17.0.